The van der Waals surface area contributed by atoms with E-state index in [0.717, 1.165) is 11.6 Å². The Kier molecular flexibility index (Phi) is 3.50. The van der Waals surface area contributed by atoms with Crippen molar-refractivity contribution in [3.63, 3.8) is 0 Å². The summed E-state index contributed by atoms with van der Waals surface area (Å²) in [5.41, 5.74) is 1.48. The van der Waals surface area contributed by atoms with Gasteiger partial charge in [-0.3, -0.25) is 0 Å². The molecule has 1 aromatic carbocycles. The van der Waals surface area contributed by atoms with Crippen molar-refractivity contribution >= 4 is 5.95 Å². The van der Waals surface area contributed by atoms with Gasteiger partial charge in [-0.25, -0.2) is 18.7 Å². The molecular formula is C13H13F2N3. The van der Waals surface area contributed by atoms with E-state index >= 15 is 0 Å². The minimum atomic E-state index is -0.626. The van der Waals surface area contributed by atoms with Gasteiger partial charge >= 0.3 is 0 Å². The summed E-state index contributed by atoms with van der Waals surface area (Å²) in [7, 11) is 0. The van der Waals surface area contributed by atoms with Crippen LogP contribution in [0.25, 0.3) is 11.3 Å². The lowest BCUT2D eigenvalue weighted by Gasteiger charge is -2.08. The predicted molar refractivity (Wildman–Crippen MR) is 66.3 cm³/mol. The van der Waals surface area contributed by atoms with Crippen LogP contribution in [0, 0.1) is 18.6 Å². The zero-order valence-electron chi connectivity index (χ0n) is 10.2. The second kappa shape index (κ2) is 5.08. The van der Waals surface area contributed by atoms with Crippen LogP contribution in [-0.2, 0) is 0 Å². The van der Waals surface area contributed by atoms with Gasteiger partial charge in [-0.1, -0.05) is 0 Å². The molecule has 3 nitrogen and oxygen atoms in total. The van der Waals surface area contributed by atoms with E-state index in [-0.39, 0.29) is 5.56 Å². The Morgan fingerprint density at radius 3 is 2.72 bits per heavy atom. The third kappa shape index (κ3) is 2.45. The van der Waals surface area contributed by atoms with Gasteiger partial charge in [-0.15, -0.1) is 0 Å². The lowest BCUT2D eigenvalue weighted by molar-refractivity contribution is 0.585. The van der Waals surface area contributed by atoms with Crippen LogP contribution in [0.5, 0.6) is 0 Å². The number of anilines is 1. The third-order valence-corrected chi connectivity index (χ3v) is 2.49. The molecule has 0 aliphatic heterocycles. The number of rotatable bonds is 3. The highest BCUT2D eigenvalue weighted by Crippen LogP contribution is 2.25. The summed E-state index contributed by atoms with van der Waals surface area (Å²) in [5, 5.41) is 2.96. The maximum atomic E-state index is 13.7. The van der Waals surface area contributed by atoms with Crippen molar-refractivity contribution in [1.82, 2.24) is 9.97 Å². The predicted octanol–water partition coefficient (Wildman–Crippen LogP) is 3.16. The number of halogens is 2. The number of hydrogen-bond acceptors (Lipinski definition) is 3. The lowest BCUT2D eigenvalue weighted by atomic mass is 10.1. The van der Waals surface area contributed by atoms with Gasteiger partial charge in [-0.2, -0.15) is 0 Å². The van der Waals surface area contributed by atoms with Gasteiger partial charge in [0.1, 0.15) is 11.6 Å². The fourth-order valence-corrected chi connectivity index (χ4v) is 1.64. The van der Waals surface area contributed by atoms with Crippen LogP contribution in [-0.4, -0.2) is 16.5 Å². The van der Waals surface area contributed by atoms with E-state index < -0.39 is 11.6 Å². The second-order valence-corrected chi connectivity index (χ2v) is 3.88. The van der Waals surface area contributed by atoms with Gasteiger partial charge in [-0.05, 0) is 31.5 Å². The molecule has 0 radical (unpaired) electrons. The van der Waals surface area contributed by atoms with Gasteiger partial charge in [0.2, 0.25) is 5.95 Å². The van der Waals surface area contributed by atoms with E-state index in [1.54, 1.807) is 13.1 Å². The van der Waals surface area contributed by atoms with Crippen LogP contribution in [0.1, 0.15) is 12.5 Å². The summed E-state index contributed by atoms with van der Waals surface area (Å²) >= 11 is 0. The monoisotopic (exact) mass is 249 g/mol. The number of benzene rings is 1. The molecule has 0 aliphatic rings. The zero-order chi connectivity index (χ0) is 13.1. The van der Waals surface area contributed by atoms with Crippen molar-refractivity contribution < 1.29 is 8.78 Å². The molecule has 1 N–H and O–H groups in total. The number of hydrogen-bond donors (Lipinski definition) is 1. The van der Waals surface area contributed by atoms with Crippen LogP contribution in [0.4, 0.5) is 14.7 Å². The average molecular weight is 249 g/mol. The molecule has 0 unspecified atom stereocenters. The van der Waals surface area contributed by atoms with Crippen LogP contribution >= 0.6 is 0 Å². The molecule has 2 aromatic rings. The molecule has 0 amide bonds. The molecule has 1 aromatic heterocycles. The molecule has 94 valence electrons. The van der Waals surface area contributed by atoms with Crippen LogP contribution in [0.3, 0.4) is 0 Å². The summed E-state index contributed by atoms with van der Waals surface area (Å²) < 4.78 is 26.6. The van der Waals surface area contributed by atoms with Crippen molar-refractivity contribution in [2.24, 2.45) is 0 Å². The summed E-state index contributed by atoms with van der Waals surface area (Å²) in [4.78, 5) is 8.32. The maximum Gasteiger partial charge on any atom is 0.223 e. The van der Waals surface area contributed by atoms with Gasteiger partial charge < -0.3 is 5.32 Å². The Morgan fingerprint density at radius 1 is 1.28 bits per heavy atom. The van der Waals surface area contributed by atoms with Crippen LogP contribution in [0.15, 0.2) is 24.4 Å². The first kappa shape index (κ1) is 12.4. The number of aryl methyl sites for hydroxylation is 1. The second-order valence-electron chi connectivity index (χ2n) is 3.88. The van der Waals surface area contributed by atoms with E-state index in [4.69, 9.17) is 0 Å². The molecule has 18 heavy (non-hydrogen) atoms. The van der Waals surface area contributed by atoms with E-state index in [2.05, 4.69) is 15.3 Å². The van der Waals surface area contributed by atoms with Crippen molar-refractivity contribution in [3.05, 3.63) is 41.6 Å². The number of nitrogens with one attached hydrogen (secondary N) is 1. The van der Waals surface area contributed by atoms with Gasteiger partial charge in [0.15, 0.2) is 0 Å². The maximum absolute atomic E-state index is 13.7. The number of aromatic nitrogens is 2. The minimum Gasteiger partial charge on any atom is -0.354 e. The first-order valence-electron chi connectivity index (χ1n) is 5.64. The molecule has 0 atom stereocenters. The van der Waals surface area contributed by atoms with Gasteiger partial charge in [0, 0.05) is 24.4 Å². The molecule has 5 heteroatoms. The van der Waals surface area contributed by atoms with Crippen LogP contribution < -0.4 is 5.32 Å². The van der Waals surface area contributed by atoms with Crippen molar-refractivity contribution in [3.8, 4) is 11.3 Å². The molecule has 0 saturated carbocycles. The summed E-state index contributed by atoms with van der Waals surface area (Å²) in [6.07, 6.45) is 1.61. The highest BCUT2D eigenvalue weighted by Gasteiger charge is 2.11. The largest absolute Gasteiger partial charge is 0.354 e. The van der Waals surface area contributed by atoms with Crippen LogP contribution in [0.2, 0.25) is 0 Å². The smallest absolute Gasteiger partial charge is 0.223 e. The quantitative estimate of drug-likeness (QED) is 0.908. The number of nitrogens with zero attached hydrogens (tertiary/aromatic N) is 2. The molecule has 0 aliphatic carbocycles. The SMILES string of the molecule is CCNc1ncc(C)c(-c2ccc(F)cc2F)n1. The Balaban J connectivity index is 2.51. The first-order valence-corrected chi connectivity index (χ1v) is 5.64. The topological polar surface area (TPSA) is 37.8 Å². The molecule has 1 heterocycles. The Labute approximate surface area is 104 Å². The molecular weight excluding hydrogens is 236 g/mol. The van der Waals surface area contributed by atoms with E-state index in [1.807, 2.05) is 6.92 Å². The molecule has 0 saturated heterocycles. The van der Waals surface area contributed by atoms with Gasteiger partial charge in [0.25, 0.3) is 0 Å². The summed E-state index contributed by atoms with van der Waals surface area (Å²) in [6, 6.07) is 3.45. The van der Waals surface area contributed by atoms with Crippen molar-refractivity contribution in [2.75, 3.05) is 11.9 Å². The molecule has 0 bridgehead atoms. The molecule has 0 fully saturated rings. The molecule has 2 rings (SSSR count). The van der Waals surface area contributed by atoms with Gasteiger partial charge in [0.05, 0.1) is 5.69 Å². The zero-order valence-corrected chi connectivity index (χ0v) is 10.2. The highest BCUT2D eigenvalue weighted by molar-refractivity contribution is 5.64. The van der Waals surface area contributed by atoms with E-state index in [1.165, 1.54) is 12.1 Å². The first-order chi connectivity index (χ1) is 8.61. The van der Waals surface area contributed by atoms with Crippen molar-refractivity contribution in [2.45, 2.75) is 13.8 Å². The Morgan fingerprint density at radius 2 is 2.06 bits per heavy atom. The summed E-state index contributed by atoms with van der Waals surface area (Å²) in [6.45, 7) is 4.38. The van der Waals surface area contributed by atoms with E-state index in [9.17, 15) is 8.78 Å². The summed E-state index contributed by atoms with van der Waals surface area (Å²) in [5.74, 6) is -0.795. The minimum absolute atomic E-state index is 0.274. The van der Waals surface area contributed by atoms with E-state index in [0.29, 0.717) is 18.2 Å². The fraction of sp³-hybridized carbons (Fsp3) is 0.231. The fourth-order valence-electron chi connectivity index (χ4n) is 1.64. The Hall–Kier alpha value is -2.04. The normalized spacial score (nSPS) is 10.4. The Bertz CT molecular complexity index is 570. The average Bonchev–Trinajstić information content (AvgIpc) is 2.33. The third-order valence-electron chi connectivity index (χ3n) is 2.49. The van der Waals surface area contributed by atoms with Crippen molar-refractivity contribution in [1.29, 1.82) is 0 Å². The molecule has 0 spiro atoms. The lowest BCUT2D eigenvalue weighted by Crippen LogP contribution is -2.04. The highest BCUT2D eigenvalue weighted by atomic mass is 19.1. The standard InChI is InChI=1S/C13H13F2N3/c1-3-16-13-17-7-8(2)12(18-13)10-5-4-9(14)6-11(10)15/h4-7H,3H2,1-2H3,(H,16,17,18).